The Labute approximate surface area is 197 Å². The Morgan fingerprint density at radius 1 is 1.06 bits per heavy atom. The molecule has 0 aliphatic rings. The normalized spacial score (nSPS) is 10.8. The maximum atomic E-state index is 12.3. The van der Waals surface area contributed by atoms with Crippen LogP contribution in [0.25, 0.3) is 11.2 Å². The van der Waals surface area contributed by atoms with Gasteiger partial charge in [-0.2, -0.15) is 9.97 Å². The fraction of sp³-hybridized carbons (Fsp3) is 0.136. The molecule has 10 nitrogen and oxygen atoms in total. The van der Waals surface area contributed by atoms with Crippen LogP contribution in [0.15, 0.2) is 46.9 Å². The molecule has 11 heteroatoms. The quantitative estimate of drug-likeness (QED) is 0.263. The summed E-state index contributed by atoms with van der Waals surface area (Å²) in [7, 11) is 3.35. The van der Waals surface area contributed by atoms with Crippen LogP contribution in [0.4, 0.5) is 0 Å². The lowest BCUT2D eigenvalue weighted by atomic mass is 10.2. The number of H-pyrrole nitrogens is 1. The number of nitrogen functional groups attached to an aromatic ring is 1. The second-order valence-corrected chi connectivity index (χ2v) is 8.27. The number of amides is 1. The zero-order valence-electron chi connectivity index (χ0n) is 18.0. The Morgan fingerprint density at radius 2 is 1.82 bits per heavy atom. The van der Waals surface area contributed by atoms with Crippen molar-refractivity contribution in [3.05, 3.63) is 63.9 Å². The number of nitrogens with two attached hydrogens (primary N) is 1. The molecule has 0 unspecified atom stereocenters. The van der Waals surface area contributed by atoms with Gasteiger partial charge >= 0.3 is 6.01 Å². The van der Waals surface area contributed by atoms with E-state index in [0.29, 0.717) is 44.1 Å². The van der Waals surface area contributed by atoms with E-state index in [0.717, 1.165) is 0 Å². The van der Waals surface area contributed by atoms with E-state index in [1.807, 2.05) is 0 Å². The van der Waals surface area contributed by atoms with Gasteiger partial charge < -0.3 is 25.1 Å². The molecule has 0 bridgehead atoms. The Kier molecular flexibility index (Phi) is 5.97. The highest BCUT2D eigenvalue weighted by Gasteiger charge is 2.17. The number of halogens is 1. The molecule has 0 spiro atoms. The van der Waals surface area contributed by atoms with Crippen LogP contribution in [0, 0.1) is 12.3 Å². The van der Waals surface area contributed by atoms with Crippen molar-refractivity contribution in [3.8, 4) is 23.4 Å². The maximum absolute atomic E-state index is 12.3. The van der Waals surface area contributed by atoms with Gasteiger partial charge in [0, 0.05) is 29.7 Å². The van der Waals surface area contributed by atoms with Crippen molar-refractivity contribution in [2.24, 2.45) is 5.73 Å². The van der Waals surface area contributed by atoms with Crippen LogP contribution in [-0.2, 0) is 0 Å². The van der Waals surface area contributed by atoms with Gasteiger partial charge in [0.05, 0.1) is 0 Å². The SMILES string of the molecule is Cc1nc2c(Oc3cc(Br)cc(C(=N)N)c3)nc(Oc3cccc(C(=O)N(C)C)c3)nc2[nH]1. The highest BCUT2D eigenvalue weighted by Crippen LogP contribution is 2.31. The first-order valence-corrected chi connectivity index (χ1v) is 10.6. The van der Waals surface area contributed by atoms with Crippen LogP contribution in [-0.4, -0.2) is 50.7 Å². The van der Waals surface area contributed by atoms with Crippen molar-refractivity contribution >= 4 is 38.8 Å². The molecule has 4 rings (SSSR count). The number of ether oxygens (including phenoxy) is 2. The molecule has 4 aromatic rings. The second-order valence-electron chi connectivity index (χ2n) is 7.35. The number of hydrogen-bond donors (Lipinski definition) is 3. The summed E-state index contributed by atoms with van der Waals surface area (Å²) >= 11 is 3.39. The highest BCUT2D eigenvalue weighted by atomic mass is 79.9. The van der Waals surface area contributed by atoms with E-state index in [9.17, 15) is 4.79 Å². The molecule has 0 aliphatic heterocycles. The molecule has 0 atom stereocenters. The van der Waals surface area contributed by atoms with Crippen molar-refractivity contribution in [3.63, 3.8) is 0 Å². The number of imidazole rings is 1. The highest BCUT2D eigenvalue weighted by molar-refractivity contribution is 9.10. The molecule has 1 amide bonds. The van der Waals surface area contributed by atoms with Gasteiger partial charge in [-0.05, 0) is 43.3 Å². The van der Waals surface area contributed by atoms with Gasteiger partial charge in [0.1, 0.15) is 23.2 Å². The van der Waals surface area contributed by atoms with Crippen molar-refractivity contribution < 1.29 is 14.3 Å². The molecular formula is C22H20BrN7O3. The molecule has 0 aliphatic carbocycles. The largest absolute Gasteiger partial charge is 0.437 e. The molecule has 33 heavy (non-hydrogen) atoms. The Hall–Kier alpha value is -3.99. The summed E-state index contributed by atoms with van der Waals surface area (Å²) in [6.45, 7) is 1.79. The zero-order valence-corrected chi connectivity index (χ0v) is 19.6. The molecule has 2 aromatic heterocycles. The van der Waals surface area contributed by atoms with Gasteiger partial charge in [0.2, 0.25) is 0 Å². The number of benzene rings is 2. The molecule has 0 saturated carbocycles. The van der Waals surface area contributed by atoms with Gasteiger partial charge in [-0.1, -0.05) is 22.0 Å². The van der Waals surface area contributed by atoms with E-state index >= 15 is 0 Å². The summed E-state index contributed by atoms with van der Waals surface area (Å²) in [6, 6.07) is 11.8. The van der Waals surface area contributed by atoms with Crippen molar-refractivity contribution in [1.29, 1.82) is 5.41 Å². The number of hydrogen-bond acceptors (Lipinski definition) is 7. The molecule has 168 valence electrons. The Morgan fingerprint density at radius 3 is 2.55 bits per heavy atom. The summed E-state index contributed by atoms with van der Waals surface area (Å²) in [5.41, 5.74) is 7.42. The van der Waals surface area contributed by atoms with Gasteiger partial charge in [0.15, 0.2) is 11.2 Å². The van der Waals surface area contributed by atoms with E-state index in [4.69, 9.17) is 20.6 Å². The third-order valence-corrected chi connectivity index (χ3v) is 4.96. The minimum absolute atomic E-state index is 0.0115. The molecule has 0 radical (unpaired) electrons. The minimum atomic E-state index is -0.152. The number of carbonyl (C=O) groups is 1. The fourth-order valence-electron chi connectivity index (χ4n) is 3.03. The van der Waals surface area contributed by atoms with Gasteiger partial charge in [-0.25, -0.2) is 4.98 Å². The molecule has 0 saturated heterocycles. The number of fused-ring (bicyclic) bond motifs is 1. The standard InChI is InChI=1S/C22H20BrN7O3/c1-11-26-17-19(27-11)28-22(33-15-6-4-5-12(8-15)21(31)30(2)3)29-20(17)32-16-9-13(18(24)25)7-14(23)10-16/h4-10H,1-3H3,(H3,24,25)(H,26,27,28,29). The van der Waals surface area contributed by atoms with E-state index in [2.05, 4.69) is 35.9 Å². The van der Waals surface area contributed by atoms with E-state index in [1.165, 1.54) is 4.90 Å². The number of nitrogens with one attached hydrogen (secondary N) is 2. The third kappa shape index (κ3) is 4.93. The van der Waals surface area contributed by atoms with Crippen LogP contribution >= 0.6 is 15.9 Å². The van der Waals surface area contributed by atoms with Crippen molar-refractivity contribution in [2.45, 2.75) is 6.92 Å². The summed E-state index contributed by atoms with van der Waals surface area (Å²) in [5, 5.41) is 7.69. The number of rotatable bonds is 6. The van der Waals surface area contributed by atoms with E-state index in [-0.39, 0.29) is 23.6 Å². The topological polar surface area (TPSA) is 143 Å². The zero-order chi connectivity index (χ0) is 23.7. The predicted octanol–water partition coefficient (Wildman–Crippen LogP) is 3.99. The smallest absolute Gasteiger partial charge is 0.327 e. The number of aryl methyl sites for hydroxylation is 1. The van der Waals surface area contributed by atoms with Crippen LogP contribution in [0.1, 0.15) is 21.7 Å². The molecule has 2 heterocycles. The van der Waals surface area contributed by atoms with Crippen molar-refractivity contribution in [1.82, 2.24) is 24.8 Å². The summed E-state index contributed by atoms with van der Waals surface area (Å²) in [6.07, 6.45) is 0. The van der Waals surface area contributed by atoms with Crippen LogP contribution in [0.3, 0.4) is 0 Å². The van der Waals surface area contributed by atoms with Crippen LogP contribution in [0.5, 0.6) is 23.4 Å². The summed E-state index contributed by atoms with van der Waals surface area (Å²) in [4.78, 5) is 30.0. The first-order valence-electron chi connectivity index (χ1n) is 9.76. The third-order valence-electron chi connectivity index (χ3n) is 4.50. The van der Waals surface area contributed by atoms with E-state index in [1.54, 1.807) is 63.5 Å². The second kappa shape index (κ2) is 8.87. The van der Waals surface area contributed by atoms with Gasteiger partial charge in [-0.3, -0.25) is 10.2 Å². The maximum Gasteiger partial charge on any atom is 0.327 e. The minimum Gasteiger partial charge on any atom is -0.437 e. The number of nitrogens with zero attached hydrogens (tertiary/aromatic N) is 4. The lowest BCUT2D eigenvalue weighted by molar-refractivity contribution is 0.0827. The molecule has 2 aromatic carbocycles. The summed E-state index contributed by atoms with van der Waals surface area (Å²) < 4.78 is 12.5. The lowest BCUT2D eigenvalue weighted by Crippen LogP contribution is -2.21. The average Bonchev–Trinajstić information content (AvgIpc) is 3.13. The monoisotopic (exact) mass is 509 g/mol. The van der Waals surface area contributed by atoms with Crippen LogP contribution in [0.2, 0.25) is 0 Å². The fourth-order valence-corrected chi connectivity index (χ4v) is 3.50. The molecular weight excluding hydrogens is 490 g/mol. The molecule has 0 fully saturated rings. The lowest BCUT2D eigenvalue weighted by Gasteiger charge is -2.12. The van der Waals surface area contributed by atoms with Gasteiger partial charge in [-0.15, -0.1) is 0 Å². The van der Waals surface area contributed by atoms with Crippen molar-refractivity contribution in [2.75, 3.05) is 14.1 Å². The Bertz CT molecular complexity index is 1380. The first-order chi connectivity index (χ1) is 15.7. The number of aromatic amines is 1. The van der Waals surface area contributed by atoms with E-state index < -0.39 is 0 Å². The van der Waals surface area contributed by atoms with Crippen LogP contribution < -0.4 is 15.2 Å². The predicted molar refractivity (Wildman–Crippen MR) is 126 cm³/mol. The first kappa shape index (κ1) is 22.2. The van der Waals surface area contributed by atoms with Gasteiger partial charge in [0.25, 0.3) is 11.8 Å². The summed E-state index contributed by atoms with van der Waals surface area (Å²) in [5.74, 6) is 1.33. The number of aromatic nitrogens is 4. The molecule has 4 N–H and O–H groups in total. The number of amidine groups is 1. The average molecular weight is 510 g/mol. The number of carbonyl (C=O) groups excluding carboxylic acids is 1. The Balaban J connectivity index is 1.72.